The molecule has 0 atom stereocenters. The van der Waals surface area contributed by atoms with Gasteiger partial charge in [-0.15, -0.1) is 22.7 Å². The number of halogens is 2. The maximum Gasteiger partial charge on any atom is 0.337 e. The second-order valence-corrected chi connectivity index (χ2v) is 11.1. The van der Waals surface area contributed by atoms with Crippen molar-refractivity contribution < 1.29 is 14.7 Å². The molecule has 0 unspecified atom stereocenters. The number of carbonyl (C=O) groups is 2. The van der Waals surface area contributed by atoms with Crippen LogP contribution in [0, 0.1) is 0 Å². The topological polar surface area (TPSA) is 57.6 Å². The molecule has 4 nitrogen and oxygen atoms in total. The number of aromatic carboxylic acids is 1. The minimum absolute atomic E-state index is 0.197. The highest BCUT2D eigenvalue weighted by molar-refractivity contribution is 9.11. The van der Waals surface area contributed by atoms with E-state index in [1.807, 2.05) is 17.9 Å². The van der Waals surface area contributed by atoms with Crippen molar-refractivity contribution in [2.24, 2.45) is 0 Å². The second kappa shape index (κ2) is 10.7. The third-order valence-corrected chi connectivity index (χ3v) is 8.24. The Morgan fingerprint density at radius 1 is 0.963 bits per heavy atom. The summed E-state index contributed by atoms with van der Waals surface area (Å²) in [5.74, 6) is -0.671. The Morgan fingerprint density at radius 2 is 1.44 bits per heavy atom. The van der Waals surface area contributed by atoms with Gasteiger partial charge in [-0.05, 0) is 76.1 Å². The first-order chi connectivity index (χ1) is 12.9. The zero-order valence-corrected chi connectivity index (χ0v) is 20.2. The number of hydrogen-bond acceptors (Lipinski definition) is 4. The molecule has 2 aromatic rings. The first-order valence-corrected chi connectivity index (χ1v) is 12.2. The van der Waals surface area contributed by atoms with Crippen LogP contribution in [0.15, 0.2) is 19.7 Å². The Kier molecular flexibility index (Phi) is 8.98. The summed E-state index contributed by atoms with van der Waals surface area (Å²) in [6.45, 7) is 5.96. The molecule has 3 heterocycles. The fourth-order valence-electron chi connectivity index (χ4n) is 2.74. The number of rotatable bonds is 4. The van der Waals surface area contributed by atoms with E-state index in [1.165, 1.54) is 22.6 Å². The molecule has 8 heteroatoms. The first kappa shape index (κ1) is 22.6. The minimum atomic E-state index is -0.868. The van der Waals surface area contributed by atoms with E-state index in [9.17, 15) is 9.59 Å². The molecule has 0 bridgehead atoms. The molecule has 1 aliphatic rings. The van der Waals surface area contributed by atoms with Crippen LogP contribution >= 0.6 is 54.5 Å². The van der Waals surface area contributed by atoms with Gasteiger partial charge < -0.3 is 10.0 Å². The molecular formula is C19H23Br2NO3S2. The predicted molar refractivity (Wildman–Crippen MR) is 120 cm³/mol. The summed E-state index contributed by atoms with van der Waals surface area (Å²) in [6, 6.07) is 3.74. The van der Waals surface area contributed by atoms with Gasteiger partial charge in [0.15, 0.2) is 0 Å². The van der Waals surface area contributed by atoms with Crippen LogP contribution in [0.2, 0.25) is 0 Å². The van der Waals surface area contributed by atoms with Gasteiger partial charge in [0, 0.05) is 22.8 Å². The van der Waals surface area contributed by atoms with Crippen molar-refractivity contribution >= 4 is 66.4 Å². The average molecular weight is 537 g/mol. The summed E-state index contributed by atoms with van der Waals surface area (Å²) >= 11 is 9.85. The van der Waals surface area contributed by atoms with Crippen molar-refractivity contribution in [2.45, 2.75) is 46.0 Å². The van der Waals surface area contributed by atoms with E-state index in [0.717, 1.165) is 53.0 Å². The van der Waals surface area contributed by atoms with E-state index in [2.05, 4.69) is 38.8 Å². The highest BCUT2D eigenvalue weighted by Gasteiger charge is 2.21. The van der Waals surface area contributed by atoms with E-state index in [0.29, 0.717) is 9.35 Å². The molecule has 2 aromatic heterocycles. The van der Waals surface area contributed by atoms with Crippen molar-refractivity contribution in [1.29, 1.82) is 0 Å². The van der Waals surface area contributed by atoms with E-state index in [1.54, 1.807) is 17.4 Å². The fraction of sp³-hybridized carbons (Fsp3) is 0.474. The number of amides is 1. The Bertz CT molecular complexity index is 795. The molecule has 1 amide bonds. The van der Waals surface area contributed by atoms with Gasteiger partial charge in [0.05, 0.1) is 18.7 Å². The number of likely N-dealkylation sites (tertiary alicyclic amines) is 1. The highest BCUT2D eigenvalue weighted by Crippen LogP contribution is 2.30. The Hall–Kier alpha value is -0.700. The Morgan fingerprint density at radius 3 is 1.85 bits per heavy atom. The van der Waals surface area contributed by atoms with Crippen molar-refractivity contribution in [3.63, 3.8) is 0 Å². The van der Waals surface area contributed by atoms with Crippen LogP contribution in [-0.4, -0.2) is 35.0 Å². The second-order valence-electron chi connectivity index (χ2n) is 6.17. The van der Waals surface area contributed by atoms with Gasteiger partial charge in [0.25, 0.3) is 5.91 Å². The molecule has 0 aromatic carbocycles. The minimum Gasteiger partial charge on any atom is -0.478 e. The number of aryl methyl sites for hydroxylation is 2. The van der Waals surface area contributed by atoms with E-state index >= 15 is 0 Å². The lowest BCUT2D eigenvalue weighted by molar-refractivity contribution is 0.0694. The summed E-state index contributed by atoms with van der Waals surface area (Å²) in [4.78, 5) is 27.1. The van der Waals surface area contributed by atoms with Gasteiger partial charge in [-0.2, -0.15) is 0 Å². The van der Waals surface area contributed by atoms with Gasteiger partial charge in [-0.1, -0.05) is 13.8 Å². The van der Waals surface area contributed by atoms with Crippen molar-refractivity contribution in [1.82, 2.24) is 4.90 Å². The van der Waals surface area contributed by atoms with Gasteiger partial charge >= 0.3 is 5.97 Å². The van der Waals surface area contributed by atoms with E-state index in [-0.39, 0.29) is 5.91 Å². The number of nitrogens with zero attached hydrogens (tertiary/aromatic N) is 1. The van der Waals surface area contributed by atoms with Crippen LogP contribution in [0.5, 0.6) is 0 Å². The lowest BCUT2D eigenvalue weighted by Crippen LogP contribution is -2.35. The van der Waals surface area contributed by atoms with Crippen LogP contribution in [-0.2, 0) is 12.8 Å². The number of hydrogen-bond donors (Lipinski definition) is 1. The van der Waals surface area contributed by atoms with E-state index in [4.69, 9.17) is 5.11 Å². The standard InChI is InChI=1S/C12H16BrNOS.C7H7BrO2S/c1-2-9-8-10(11(13)16-9)12(15)14-6-4-3-5-7-14;1-2-4-3-5(7(9)10)6(8)11-4/h8H,2-7H2,1H3;3H,2H2,1H3,(H,9,10). The lowest BCUT2D eigenvalue weighted by atomic mass is 10.1. The van der Waals surface area contributed by atoms with Crippen LogP contribution < -0.4 is 0 Å². The molecule has 1 fully saturated rings. The van der Waals surface area contributed by atoms with Crippen molar-refractivity contribution in [3.8, 4) is 0 Å². The van der Waals surface area contributed by atoms with Crippen molar-refractivity contribution in [3.05, 3.63) is 40.6 Å². The summed E-state index contributed by atoms with van der Waals surface area (Å²) in [5, 5.41) is 8.65. The van der Waals surface area contributed by atoms with Crippen LogP contribution in [0.3, 0.4) is 0 Å². The van der Waals surface area contributed by atoms with Crippen molar-refractivity contribution in [2.75, 3.05) is 13.1 Å². The smallest absolute Gasteiger partial charge is 0.337 e. The van der Waals surface area contributed by atoms with E-state index < -0.39 is 5.97 Å². The van der Waals surface area contributed by atoms with Crippen LogP contribution in [0.1, 0.15) is 63.6 Å². The lowest BCUT2D eigenvalue weighted by Gasteiger charge is -2.26. The zero-order valence-electron chi connectivity index (χ0n) is 15.4. The molecule has 3 rings (SSSR count). The SMILES string of the molecule is CCc1cc(C(=O)N2CCCCC2)c(Br)s1.CCc1cc(C(=O)O)c(Br)s1. The largest absolute Gasteiger partial charge is 0.478 e. The van der Waals surface area contributed by atoms with Gasteiger partial charge in [0.2, 0.25) is 0 Å². The molecule has 1 saturated heterocycles. The Labute approximate surface area is 184 Å². The number of carbonyl (C=O) groups excluding carboxylic acids is 1. The number of carboxylic acid groups (broad SMARTS) is 1. The molecule has 148 valence electrons. The first-order valence-electron chi connectivity index (χ1n) is 8.96. The number of carboxylic acids is 1. The van der Waals surface area contributed by atoms with Gasteiger partial charge in [-0.25, -0.2) is 4.79 Å². The number of thiophene rings is 2. The molecular weight excluding hydrogens is 514 g/mol. The Balaban J connectivity index is 0.000000208. The molecule has 27 heavy (non-hydrogen) atoms. The van der Waals surface area contributed by atoms with Crippen LogP contribution in [0.25, 0.3) is 0 Å². The molecule has 0 radical (unpaired) electrons. The number of piperidine rings is 1. The normalized spacial score (nSPS) is 13.9. The molecule has 0 saturated carbocycles. The van der Waals surface area contributed by atoms with Gasteiger partial charge in [0.1, 0.15) is 0 Å². The third-order valence-electron chi connectivity index (χ3n) is 4.28. The van der Waals surface area contributed by atoms with Crippen LogP contribution in [0.4, 0.5) is 0 Å². The molecule has 0 spiro atoms. The third kappa shape index (κ3) is 6.14. The highest BCUT2D eigenvalue weighted by atomic mass is 79.9. The summed E-state index contributed by atoms with van der Waals surface area (Å²) in [6.07, 6.45) is 5.43. The maximum absolute atomic E-state index is 12.3. The van der Waals surface area contributed by atoms with Gasteiger partial charge in [-0.3, -0.25) is 4.79 Å². The molecule has 1 N–H and O–H groups in total. The zero-order chi connectivity index (χ0) is 20.0. The molecule has 0 aliphatic carbocycles. The quantitative estimate of drug-likeness (QED) is 0.487. The summed E-state index contributed by atoms with van der Waals surface area (Å²) in [5.41, 5.74) is 1.22. The average Bonchev–Trinajstić information content (AvgIpc) is 3.24. The maximum atomic E-state index is 12.3. The fourth-order valence-corrected chi connectivity index (χ4v) is 6.17. The summed E-state index contributed by atoms with van der Waals surface area (Å²) in [7, 11) is 0. The monoisotopic (exact) mass is 535 g/mol. The predicted octanol–water partition coefficient (Wildman–Crippen LogP) is 6.47. The molecule has 1 aliphatic heterocycles. The summed E-state index contributed by atoms with van der Waals surface area (Å²) < 4.78 is 1.70.